The second-order valence-electron chi connectivity index (χ2n) is 8.19. The van der Waals surface area contributed by atoms with Crippen LogP contribution in [0.5, 0.6) is 0 Å². The molecular weight excluding hydrogens is 380 g/mol. The van der Waals surface area contributed by atoms with Crippen molar-refractivity contribution in [2.24, 2.45) is 5.41 Å². The van der Waals surface area contributed by atoms with Crippen LogP contribution in [0, 0.1) is 5.41 Å². The van der Waals surface area contributed by atoms with Crippen LogP contribution in [0.2, 0.25) is 0 Å². The standard InChI is InChI=1S/C19H32N4O4S/c1-5-10-28(25,26)23-11-16(17-12-22(14-20-17)15(2)3)19(13-23)6-7-21(18(19)24)8-9-27-4/h12,14-16H,5-11,13H2,1-4H3/t16-,19+/m0/s1. The quantitative estimate of drug-likeness (QED) is 0.645. The van der Waals surface area contributed by atoms with Crippen molar-refractivity contribution in [2.75, 3.05) is 45.6 Å². The first kappa shape index (κ1) is 21.3. The normalized spacial score (nSPS) is 26.2. The summed E-state index contributed by atoms with van der Waals surface area (Å²) in [6.45, 7) is 8.21. The Hall–Kier alpha value is -1.45. The number of hydrogen-bond acceptors (Lipinski definition) is 5. The molecule has 1 aromatic heterocycles. The number of aromatic nitrogens is 2. The maximum absolute atomic E-state index is 13.4. The lowest BCUT2D eigenvalue weighted by molar-refractivity contribution is -0.136. The third kappa shape index (κ3) is 3.71. The highest BCUT2D eigenvalue weighted by Crippen LogP contribution is 2.50. The van der Waals surface area contributed by atoms with Crippen LogP contribution < -0.4 is 0 Å². The summed E-state index contributed by atoms with van der Waals surface area (Å²) < 4.78 is 34.2. The Kier molecular flexibility index (Phi) is 6.17. The van der Waals surface area contributed by atoms with Crippen molar-refractivity contribution >= 4 is 15.9 Å². The van der Waals surface area contributed by atoms with E-state index in [4.69, 9.17) is 4.74 Å². The average Bonchev–Trinajstić information content (AvgIpc) is 3.33. The molecule has 0 saturated carbocycles. The third-order valence-corrected chi connectivity index (χ3v) is 8.04. The average molecular weight is 413 g/mol. The molecule has 0 aliphatic carbocycles. The summed E-state index contributed by atoms with van der Waals surface area (Å²) in [4.78, 5) is 19.8. The first-order valence-corrected chi connectivity index (χ1v) is 11.7. The van der Waals surface area contributed by atoms with Gasteiger partial charge in [-0.05, 0) is 26.7 Å². The summed E-state index contributed by atoms with van der Waals surface area (Å²) in [5, 5.41) is 0. The molecular formula is C19H32N4O4S. The molecule has 28 heavy (non-hydrogen) atoms. The summed E-state index contributed by atoms with van der Waals surface area (Å²) in [7, 11) is -1.76. The molecule has 0 bridgehead atoms. The highest BCUT2D eigenvalue weighted by atomic mass is 32.2. The van der Waals surface area contributed by atoms with Crippen molar-refractivity contribution in [3.05, 3.63) is 18.2 Å². The van der Waals surface area contributed by atoms with Gasteiger partial charge in [-0.15, -0.1) is 0 Å². The lowest BCUT2D eigenvalue weighted by Gasteiger charge is -2.28. The number of carbonyl (C=O) groups is 1. The largest absolute Gasteiger partial charge is 0.383 e. The number of likely N-dealkylation sites (tertiary alicyclic amines) is 1. The van der Waals surface area contributed by atoms with Gasteiger partial charge in [-0.3, -0.25) is 4.79 Å². The first-order valence-electron chi connectivity index (χ1n) is 10.0. The van der Waals surface area contributed by atoms with Crippen molar-refractivity contribution in [1.29, 1.82) is 0 Å². The maximum atomic E-state index is 13.4. The van der Waals surface area contributed by atoms with Crippen molar-refractivity contribution in [3.63, 3.8) is 0 Å². The third-order valence-electron chi connectivity index (χ3n) is 6.05. The van der Waals surface area contributed by atoms with Crippen LogP contribution in [0.1, 0.15) is 51.3 Å². The Morgan fingerprint density at radius 1 is 1.39 bits per heavy atom. The molecule has 2 aliphatic rings. The van der Waals surface area contributed by atoms with E-state index < -0.39 is 15.4 Å². The van der Waals surface area contributed by atoms with Crippen molar-refractivity contribution in [3.8, 4) is 0 Å². The molecule has 3 rings (SSSR count). The second kappa shape index (κ2) is 8.12. The van der Waals surface area contributed by atoms with Crippen LogP contribution in [0.3, 0.4) is 0 Å². The summed E-state index contributed by atoms with van der Waals surface area (Å²) in [5.74, 6) is -0.0836. The van der Waals surface area contributed by atoms with Crippen molar-refractivity contribution < 1.29 is 17.9 Å². The van der Waals surface area contributed by atoms with Gasteiger partial charge in [0.2, 0.25) is 15.9 Å². The smallest absolute Gasteiger partial charge is 0.231 e. The Morgan fingerprint density at radius 2 is 2.14 bits per heavy atom. The molecule has 0 N–H and O–H groups in total. The van der Waals surface area contributed by atoms with E-state index in [2.05, 4.69) is 18.8 Å². The maximum Gasteiger partial charge on any atom is 0.231 e. The number of amides is 1. The highest BCUT2D eigenvalue weighted by molar-refractivity contribution is 7.89. The number of nitrogens with zero attached hydrogens (tertiary/aromatic N) is 4. The molecule has 2 saturated heterocycles. The number of sulfonamides is 1. The molecule has 1 aromatic rings. The molecule has 2 fully saturated rings. The molecule has 1 amide bonds. The second-order valence-corrected chi connectivity index (χ2v) is 10.3. The Morgan fingerprint density at radius 3 is 2.75 bits per heavy atom. The van der Waals surface area contributed by atoms with Crippen LogP contribution >= 0.6 is 0 Å². The van der Waals surface area contributed by atoms with Gasteiger partial charge in [0, 0.05) is 51.4 Å². The first-order chi connectivity index (χ1) is 13.2. The van der Waals surface area contributed by atoms with Gasteiger partial charge in [-0.2, -0.15) is 0 Å². The topological polar surface area (TPSA) is 84.7 Å². The van der Waals surface area contributed by atoms with Gasteiger partial charge in [0.15, 0.2) is 0 Å². The zero-order valence-corrected chi connectivity index (χ0v) is 18.1. The number of hydrogen-bond donors (Lipinski definition) is 0. The fourth-order valence-corrected chi connectivity index (χ4v) is 5.98. The lowest BCUT2D eigenvalue weighted by atomic mass is 9.75. The minimum atomic E-state index is -3.38. The van der Waals surface area contributed by atoms with E-state index in [-0.39, 0.29) is 30.2 Å². The number of imidazole rings is 1. The zero-order valence-electron chi connectivity index (χ0n) is 17.3. The molecule has 2 atom stereocenters. The number of rotatable bonds is 8. The van der Waals surface area contributed by atoms with Gasteiger partial charge in [-0.1, -0.05) is 6.92 Å². The predicted molar refractivity (Wildman–Crippen MR) is 107 cm³/mol. The van der Waals surface area contributed by atoms with Gasteiger partial charge in [0.05, 0.1) is 29.8 Å². The van der Waals surface area contributed by atoms with Crippen LogP contribution in [0.15, 0.2) is 12.5 Å². The molecule has 3 heterocycles. The van der Waals surface area contributed by atoms with E-state index in [1.54, 1.807) is 13.4 Å². The zero-order chi connectivity index (χ0) is 20.5. The monoisotopic (exact) mass is 412 g/mol. The van der Waals surface area contributed by atoms with Crippen LogP contribution in [-0.4, -0.2) is 78.7 Å². The Balaban J connectivity index is 1.95. The molecule has 0 radical (unpaired) electrons. The number of ether oxygens (including phenoxy) is 1. The summed E-state index contributed by atoms with van der Waals surface area (Å²) in [6.07, 6.45) is 4.95. The fourth-order valence-electron chi connectivity index (χ4n) is 4.40. The summed E-state index contributed by atoms with van der Waals surface area (Å²) >= 11 is 0. The van der Waals surface area contributed by atoms with Gasteiger partial charge < -0.3 is 14.2 Å². The summed E-state index contributed by atoms with van der Waals surface area (Å²) in [5.41, 5.74) is 0.0786. The van der Waals surface area contributed by atoms with Gasteiger partial charge >= 0.3 is 0 Å². The summed E-state index contributed by atoms with van der Waals surface area (Å²) in [6, 6.07) is 0.260. The van der Waals surface area contributed by atoms with E-state index in [0.717, 1.165) is 5.69 Å². The van der Waals surface area contributed by atoms with Gasteiger partial charge in [0.1, 0.15) is 0 Å². The minimum absolute atomic E-state index is 0.0304. The molecule has 0 aromatic carbocycles. The number of carbonyl (C=O) groups excluding carboxylic acids is 1. The van der Waals surface area contributed by atoms with E-state index in [1.165, 1.54) is 4.31 Å². The van der Waals surface area contributed by atoms with Crippen molar-refractivity contribution in [1.82, 2.24) is 18.8 Å². The van der Waals surface area contributed by atoms with E-state index in [0.29, 0.717) is 39.1 Å². The lowest BCUT2D eigenvalue weighted by Crippen LogP contribution is -2.41. The van der Waals surface area contributed by atoms with E-state index in [9.17, 15) is 13.2 Å². The van der Waals surface area contributed by atoms with E-state index in [1.807, 2.05) is 22.6 Å². The molecule has 158 valence electrons. The van der Waals surface area contributed by atoms with Crippen LogP contribution in [0.4, 0.5) is 0 Å². The fraction of sp³-hybridized carbons (Fsp3) is 0.789. The Labute approximate surface area is 167 Å². The van der Waals surface area contributed by atoms with E-state index >= 15 is 0 Å². The van der Waals surface area contributed by atoms with Crippen LogP contribution in [-0.2, 0) is 19.6 Å². The molecule has 2 aliphatic heterocycles. The SMILES string of the molecule is CCCS(=O)(=O)N1C[C@@H](c2cn(C(C)C)cn2)[C@@]2(CCN(CCOC)C2=O)C1. The molecule has 9 heteroatoms. The predicted octanol–water partition coefficient (Wildman–Crippen LogP) is 1.47. The molecule has 0 unspecified atom stereocenters. The molecule has 8 nitrogen and oxygen atoms in total. The molecule has 1 spiro atoms. The van der Waals surface area contributed by atoms with Gasteiger partial charge in [-0.25, -0.2) is 17.7 Å². The van der Waals surface area contributed by atoms with Gasteiger partial charge in [0.25, 0.3) is 0 Å². The number of methoxy groups -OCH3 is 1. The minimum Gasteiger partial charge on any atom is -0.383 e. The highest BCUT2D eigenvalue weighted by Gasteiger charge is 2.59. The van der Waals surface area contributed by atoms with Crippen LogP contribution in [0.25, 0.3) is 0 Å². The Bertz CT molecular complexity index is 807. The van der Waals surface area contributed by atoms with Crippen molar-refractivity contribution in [2.45, 2.75) is 45.6 Å².